The molecule has 1 heteroatoms. The average molecular weight is 184 g/mol. The van der Waals surface area contributed by atoms with E-state index in [4.69, 9.17) is 0 Å². The fraction of sp³-hybridized carbons (Fsp3) is 0.818. The molecule has 0 aromatic heterocycles. The topological polar surface area (TPSA) is 0 Å². The van der Waals surface area contributed by atoms with Gasteiger partial charge in [0.15, 0.2) is 0 Å². The van der Waals surface area contributed by atoms with E-state index in [0.717, 1.165) is 11.8 Å². The van der Waals surface area contributed by atoms with Gasteiger partial charge in [0.05, 0.1) is 0 Å². The van der Waals surface area contributed by atoms with Gasteiger partial charge in [0.2, 0.25) is 0 Å². The minimum atomic E-state index is 0.266. The van der Waals surface area contributed by atoms with Crippen LogP contribution in [-0.2, 0) is 0 Å². The minimum absolute atomic E-state index is 0.266. The molecule has 12 heavy (non-hydrogen) atoms. The fourth-order valence-corrected chi connectivity index (χ4v) is 4.70. The van der Waals surface area contributed by atoms with Gasteiger partial charge in [-0.25, -0.2) is 0 Å². The molecular formula is C11H21P. The van der Waals surface area contributed by atoms with Crippen LogP contribution >= 0.6 is 7.92 Å². The van der Waals surface area contributed by atoms with Crippen molar-refractivity contribution in [1.29, 1.82) is 0 Å². The van der Waals surface area contributed by atoms with E-state index in [1.54, 1.807) is 5.31 Å². The zero-order valence-electron chi connectivity index (χ0n) is 9.02. The molecule has 1 rings (SSSR count). The highest BCUT2D eigenvalue weighted by atomic mass is 31.1. The van der Waals surface area contributed by atoms with Gasteiger partial charge in [-0.2, -0.15) is 0 Å². The van der Waals surface area contributed by atoms with Crippen molar-refractivity contribution < 1.29 is 0 Å². The van der Waals surface area contributed by atoms with Crippen LogP contribution in [0.4, 0.5) is 0 Å². The van der Waals surface area contributed by atoms with Crippen LogP contribution in [0.3, 0.4) is 0 Å². The number of hydrogen-bond acceptors (Lipinski definition) is 0. The lowest BCUT2D eigenvalue weighted by Gasteiger charge is -2.10. The second-order valence-electron chi connectivity index (χ2n) is 4.28. The predicted molar refractivity (Wildman–Crippen MR) is 58.8 cm³/mol. The molecule has 0 amide bonds. The van der Waals surface area contributed by atoms with Gasteiger partial charge in [0.1, 0.15) is 0 Å². The molecule has 0 radical (unpaired) electrons. The third-order valence-electron chi connectivity index (χ3n) is 2.64. The maximum Gasteiger partial charge on any atom is -0.0177 e. The quantitative estimate of drug-likeness (QED) is 0.567. The predicted octanol–water partition coefficient (Wildman–Crippen LogP) is 4.42. The SMILES string of the molecule is CCC1=C(C(C)CC(C)C)P1C. The highest BCUT2D eigenvalue weighted by molar-refractivity contribution is 7.73. The van der Waals surface area contributed by atoms with E-state index in [9.17, 15) is 0 Å². The molecule has 0 fully saturated rings. The molecule has 1 aliphatic rings. The Kier molecular flexibility index (Phi) is 3.35. The molecule has 0 spiro atoms. The maximum atomic E-state index is 2.42. The second kappa shape index (κ2) is 3.92. The van der Waals surface area contributed by atoms with E-state index in [1.807, 2.05) is 5.31 Å². The van der Waals surface area contributed by atoms with Crippen LogP contribution in [0.15, 0.2) is 10.6 Å². The average Bonchev–Trinajstić information content (AvgIpc) is 2.59. The zero-order valence-corrected chi connectivity index (χ0v) is 9.91. The van der Waals surface area contributed by atoms with E-state index in [1.165, 1.54) is 12.8 Å². The normalized spacial score (nSPS) is 25.0. The van der Waals surface area contributed by atoms with Crippen LogP contribution in [-0.4, -0.2) is 6.66 Å². The monoisotopic (exact) mass is 184 g/mol. The van der Waals surface area contributed by atoms with Crippen LogP contribution < -0.4 is 0 Å². The van der Waals surface area contributed by atoms with Crippen LogP contribution in [0.1, 0.15) is 40.5 Å². The summed E-state index contributed by atoms with van der Waals surface area (Å²) in [5.41, 5.74) is 0. The Morgan fingerprint density at radius 2 is 1.83 bits per heavy atom. The highest BCUT2D eigenvalue weighted by Gasteiger charge is 2.33. The first-order valence-electron chi connectivity index (χ1n) is 5.04. The van der Waals surface area contributed by atoms with Gasteiger partial charge >= 0.3 is 0 Å². The summed E-state index contributed by atoms with van der Waals surface area (Å²) in [6.45, 7) is 11.8. The third kappa shape index (κ3) is 2.10. The molecule has 1 heterocycles. The maximum absolute atomic E-state index is 2.42. The molecule has 0 nitrogen and oxygen atoms in total. The molecule has 2 atom stereocenters. The lowest BCUT2D eigenvalue weighted by atomic mass is 9.98. The van der Waals surface area contributed by atoms with Crippen LogP contribution in [0.25, 0.3) is 0 Å². The van der Waals surface area contributed by atoms with Crippen LogP contribution in [0.2, 0.25) is 0 Å². The van der Waals surface area contributed by atoms with Gasteiger partial charge in [0.25, 0.3) is 0 Å². The van der Waals surface area contributed by atoms with E-state index >= 15 is 0 Å². The van der Waals surface area contributed by atoms with Crippen molar-refractivity contribution in [3.05, 3.63) is 10.6 Å². The molecule has 0 aliphatic carbocycles. The summed E-state index contributed by atoms with van der Waals surface area (Å²) in [6.07, 6.45) is 2.69. The summed E-state index contributed by atoms with van der Waals surface area (Å²) in [6, 6.07) is 0. The fourth-order valence-electron chi connectivity index (χ4n) is 2.16. The smallest absolute Gasteiger partial charge is 0.0177 e. The van der Waals surface area contributed by atoms with Crippen molar-refractivity contribution in [1.82, 2.24) is 0 Å². The van der Waals surface area contributed by atoms with Gasteiger partial charge in [0, 0.05) is 0 Å². The number of allylic oxidation sites excluding steroid dienone is 2. The summed E-state index contributed by atoms with van der Waals surface area (Å²) in [5.74, 6) is 1.73. The molecule has 0 aromatic rings. The first kappa shape index (κ1) is 10.3. The number of hydrogen-bond donors (Lipinski definition) is 0. The lowest BCUT2D eigenvalue weighted by Crippen LogP contribution is -1.97. The van der Waals surface area contributed by atoms with Crippen molar-refractivity contribution in [2.75, 3.05) is 6.66 Å². The third-order valence-corrected chi connectivity index (χ3v) is 5.22. The zero-order chi connectivity index (χ0) is 9.30. The lowest BCUT2D eigenvalue weighted by molar-refractivity contribution is 0.500. The first-order valence-corrected chi connectivity index (χ1v) is 6.83. The molecular weight excluding hydrogens is 163 g/mol. The Bertz CT molecular complexity index is 191. The van der Waals surface area contributed by atoms with Crippen molar-refractivity contribution in [3.63, 3.8) is 0 Å². The van der Waals surface area contributed by atoms with Crippen molar-refractivity contribution in [2.24, 2.45) is 11.8 Å². The Balaban J connectivity index is 2.44. The van der Waals surface area contributed by atoms with Gasteiger partial charge in [-0.3, -0.25) is 0 Å². The van der Waals surface area contributed by atoms with E-state index in [-0.39, 0.29) is 7.92 Å². The molecule has 0 saturated carbocycles. The molecule has 0 N–H and O–H groups in total. The van der Waals surface area contributed by atoms with Gasteiger partial charge in [-0.15, -0.1) is 0 Å². The first-order chi connectivity index (χ1) is 5.57. The van der Waals surface area contributed by atoms with E-state index in [0.29, 0.717) is 0 Å². The Labute approximate surface area is 78.2 Å². The largest absolute Gasteiger partial charge is 0.0628 e. The van der Waals surface area contributed by atoms with Crippen molar-refractivity contribution >= 4 is 7.92 Å². The molecule has 1 aliphatic heterocycles. The Hall–Kier alpha value is 0.170. The van der Waals surface area contributed by atoms with Gasteiger partial charge in [-0.1, -0.05) is 35.6 Å². The second-order valence-corrected chi connectivity index (χ2v) is 6.41. The van der Waals surface area contributed by atoms with E-state index < -0.39 is 0 Å². The summed E-state index contributed by atoms with van der Waals surface area (Å²) in [5, 5.41) is 3.64. The highest BCUT2D eigenvalue weighted by Crippen LogP contribution is 2.71. The van der Waals surface area contributed by atoms with Gasteiger partial charge in [-0.05, 0) is 42.0 Å². The summed E-state index contributed by atoms with van der Waals surface area (Å²) in [7, 11) is 0.266. The molecule has 0 aromatic carbocycles. The summed E-state index contributed by atoms with van der Waals surface area (Å²) < 4.78 is 0. The molecule has 2 unspecified atom stereocenters. The van der Waals surface area contributed by atoms with Crippen LogP contribution in [0.5, 0.6) is 0 Å². The number of rotatable bonds is 4. The summed E-state index contributed by atoms with van der Waals surface area (Å²) in [4.78, 5) is 0. The standard InChI is InChI=1S/C11H21P/c1-6-10-11(12(10)5)9(4)7-8(2)3/h8-9H,6-7H2,1-5H3. The van der Waals surface area contributed by atoms with Crippen molar-refractivity contribution in [3.8, 4) is 0 Å². The summed E-state index contributed by atoms with van der Waals surface area (Å²) >= 11 is 0. The Morgan fingerprint density at radius 1 is 1.25 bits per heavy atom. The molecule has 0 bridgehead atoms. The minimum Gasteiger partial charge on any atom is -0.0628 e. The Morgan fingerprint density at radius 3 is 2.17 bits per heavy atom. The molecule has 0 saturated heterocycles. The van der Waals surface area contributed by atoms with Crippen LogP contribution in [0, 0.1) is 11.8 Å². The van der Waals surface area contributed by atoms with E-state index in [2.05, 4.69) is 34.4 Å². The van der Waals surface area contributed by atoms with Crippen molar-refractivity contribution in [2.45, 2.75) is 40.5 Å². The molecule has 70 valence electrons. The van der Waals surface area contributed by atoms with Gasteiger partial charge < -0.3 is 0 Å².